The fraction of sp³-hybridized carbons (Fsp3) is 0.190. The first-order chi connectivity index (χ1) is 14.4. The number of pyridine rings is 1. The van der Waals surface area contributed by atoms with Gasteiger partial charge in [0.25, 0.3) is 0 Å². The van der Waals surface area contributed by atoms with Crippen molar-refractivity contribution in [2.24, 2.45) is 4.99 Å². The van der Waals surface area contributed by atoms with Crippen molar-refractivity contribution in [2.45, 2.75) is 13.5 Å². The van der Waals surface area contributed by atoms with E-state index in [0.29, 0.717) is 40.7 Å². The predicted octanol–water partition coefficient (Wildman–Crippen LogP) is 3.31. The van der Waals surface area contributed by atoms with Gasteiger partial charge in [-0.15, -0.1) is 0 Å². The Hall–Kier alpha value is -3.88. The lowest BCUT2D eigenvalue weighted by atomic mass is 10.2. The molecule has 0 aliphatic rings. The summed E-state index contributed by atoms with van der Waals surface area (Å²) in [6.07, 6.45) is 4.34. The number of halogens is 1. The van der Waals surface area contributed by atoms with E-state index in [-0.39, 0.29) is 5.75 Å². The number of phenols is 1. The number of benzene rings is 1. The minimum Gasteiger partial charge on any atom is -0.508 e. The lowest BCUT2D eigenvalue weighted by molar-refractivity contribution is 0.475. The normalized spacial score (nSPS) is 11.5. The quantitative estimate of drug-likeness (QED) is 0.405. The van der Waals surface area contributed by atoms with Crippen molar-refractivity contribution < 1.29 is 9.50 Å². The van der Waals surface area contributed by atoms with Crippen LogP contribution in [0.2, 0.25) is 0 Å². The van der Waals surface area contributed by atoms with Crippen molar-refractivity contribution in [1.82, 2.24) is 29.4 Å². The van der Waals surface area contributed by atoms with Gasteiger partial charge in [0, 0.05) is 25.9 Å². The molecular weight excluding hydrogens is 385 g/mol. The number of phenolic OH excluding ortho intramolecular Hbond substituents is 1. The van der Waals surface area contributed by atoms with Crippen LogP contribution in [0.15, 0.2) is 47.7 Å². The second-order valence-electron chi connectivity index (χ2n) is 7.05. The highest BCUT2D eigenvalue weighted by atomic mass is 19.1. The molecule has 0 fully saturated rings. The topological polar surface area (TPSA) is 92.3 Å². The van der Waals surface area contributed by atoms with Crippen LogP contribution in [-0.2, 0) is 6.54 Å². The maximum Gasteiger partial charge on any atom is 0.185 e. The van der Waals surface area contributed by atoms with Crippen LogP contribution < -0.4 is 0 Å². The number of hydrogen-bond donors (Lipinski definition) is 1. The highest BCUT2D eigenvalue weighted by Gasteiger charge is 2.19. The van der Waals surface area contributed by atoms with Crippen LogP contribution in [0.3, 0.4) is 0 Å². The molecular formula is C21H20FN7O. The SMILES string of the molecule is Cc1nc(N=CN(C)C)c2nc(-c3cncc(F)c3)n(Cc3ccc(O)cc3)c2n1. The van der Waals surface area contributed by atoms with E-state index >= 15 is 0 Å². The number of nitrogens with zero attached hydrogens (tertiary/aromatic N) is 7. The van der Waals surface area contributed by atoms with Gasteiger partial charge in [0.1, 0.15) is 23.2 Å². The van der Waals surface area contributed by atoms with Crippen LogP contribution in [0.4, 0.5) is 10.2 Å². The zero-order valence-electron chi connectivity index (χ0n) is 16.8. The number of hydrogen-bond acceptors (Lipinski definition) is 6. The molecule has 0 aliphatic carbocycles. The number of aromatic hydroxyl groups is 1. The van der Waals surface area contributed by atoms with Gasteiger partial charge < -0.3 is 14.6 Å². The van der Waals surface area contributed by atoms with Crippen molar-refractivity contribution >= 4 is 23.3 Å². The first-order valence-electron chi connectivity index (χ1n) is 9.25. The van der Waals surface area contributed by atoms with Crippen molar-refractivity contribution in [2.75, 3.05) is 14.1 Å². The van der Waals surface area contributed by atoms with E-state index < -0.39 is 5.82 Å². The van der Waals surface area contributed by atoms with E-state index in [2.05, 4.69) is 19.9 Å². The molecule has 0 saturated carbocycles. The Balaban J connectivity index is 1.95. The van der Waals surface area contributed by atoms with Crippen LogP contribution >= 0.6 is 0 Å². The van der Waals surface area contributed by atoms with Crippen LogP contribution in [0.5, 0.6) is 5.75 Å². The fourth-order valence-electron chi connectivity index (χ4n) is 3.04. The van der Waals surface area contributed by atoms with Gasteiger partial charge in [-0.3, -0.25) is 4.98 Å². The van der Waals surface area contributed by atoms with E-state index in [1.54, 1.807) is 36.5 Å². The Morgan fingerprint density at radius 3 is 2.60 bits per heavy atom. The minimum absolute atomic E-state index is 0.183. The monoisotopic (exact) mass is 405 g/mol. The lowest BCUT2D eigenvalue weighted by Crippen LogP contribution is -2.07. The minimum atomic E-state index is -0.455. The van der Waals surface area contributed by atoms with Gasteiger partial charge in [0.2, 0.25) is 0 Å². The smallest absolute Gasteiger partial charge is 0.185 e. The third-order valence-corrected chi connectivity index (χ3v) is 4.34. The maximum atomic E-state index is 13.9. The van der Waals surface area contributed by atoms with Gasteiger partial charge in [-0.2, -0.15) is 0 Å². The van der Waals surface area contributed by atoms with Gasteiger partial charge in [-0.25, -0.2) is 24.3 Å². The number of aliphatic imine (C=N–C) groups is 1. The van der Waals surface area contributed by atoms with Crippen molar-refractivity contribution in [3.63, 3.8) is 0 Å². The van der Waals surface area contributed by atoms with E-state index in [1.807, 2.05) is 30.8 Å². The van der Waals surface area contributed by atoms with Crippen LogP contribution in [0, 0.1) is 12.7 Å². The average molecular weight is 405 g/mol. The maximum absolute atomic E-state index is 13.9. The largest absolute Gasteiger partial charge is 0.508 e. The summed E-state index contributed by atoms with van der Waals surface area (Å²) in [5, 5.41) is 9.58. The van der Waals surface area contributed by atoms with Crippen LogP contribution in [-0.4, -0.2) is 54.9 Å². The molecule has 0 radical (unpaired) electrons. The molecule has 9 heteroatoms. The van der Waals surface area contributed by atoms with Gasteiger partial charge >= 0.3 is 0 Å². The Labute approximate surface area is 172 Å². The van der Waals surface area contributed by atoms with Crippen molar-refractivity contribution in [3.8, 4) is 17.1 Å². The first kappa shape index (κ1) is 19.4. The van der Waals surface area contributed by atoms with Crippen LogP contribution in [0.25, 0.3) is 22.6 Å². The van der Waals surface area contributed by atoms with E-state index in [4.69, 9.17) is 4.98 Å². The molecule has 0 spiro atoms. The zero-order valence-corrected chi connectivity index (χ0v) is 16.8. The molecule has 1 N–H and O–H groups in total. The highest BCUT2D eigenvalue weighted by Crippen LogP contribution is 2.29. The summed E-state index contributed by atoms with van der Waals surface area (Å²) in [7, 11) is 3.73. The standard InChI is InChI=1S/C21H20FN7O/c1-13-25-19(24-12-28(2)3)18-21(26-13)29(11-14-4-6-17(30)7-5-14)20(27-18)15-8-16(22)10-23-9-15/h4-10,12,30H,11H2,1-3H3. The summed E-state index contributed by atoms with van der Waals surface area (Å²) in [6, 6.07) is 8.24. The third-order valence-electron chi connectivity index (χ3n) is 4.34. The molecule has 152 valence electrons. The molecule has 0 amide bonds. The second kappa shape index (κ2) is 7.86. The van der Waals surface area contributed by atoms with E-state index in [1.165, 1.54) is 6.07 Å². The number of fused-ring (bicyclic) bond motifs is 1. The molecule has 4 rings (SSSR count). The number of imidazole rings is 1. The fourth-order valence-corrected chi connectivity index (χ4v) is 3.04. The molecule has 4 aromatic rings. The highest BCUT2D eigenvalue weighted by molar-refractivity contribution is 5.86. The summed E-state index contributed by atoms with van der Waals surface area (Å²) in [5.74, 6) is 1.21. The van der Waals surface area contributed by atoms with Gasteiger partial charge in [0.05, 0.1) is 19.1 Å². The van der Waals surface area contributed by atoms with Gasteiger partial charge in [-0.05, 0) is 30.7 Å². The Morgan fingerprint density at radius 1 is 1.13 bits per heavy atom. The molecule has 3 heterocycles. The molecule has 0 unspecified atom stereocenters. The summed E-state index contributed by atoms with van der Waals surface area (Å²) < 4.78 is 15.8. The Bertz CT molecular complexity index is 1230. The Kier molecular flexibility index (Phi) is 5.09. The summed E-state index contributed by atoms with van der Waals surface area (Å²) >= 11 is 0. The molecule has 0 bridgehead atoms. The Morgan fingerprint density at radius 2 is 1.90 bits per heavy atom. The predicted molar refractivity (Wildman–Crippen MR) is 112 cm³/mol. The zero-order chi connectivity index (χ0) is 21.3. The van der Waals surface area contributed by atoms with Crippen LogP contribution in [0.1, 0.15) is 11.4 Å². The summed E-state index contributed by atoms with van der Waals surface area (Å²) in [6.45, 7) is 2.20. The molecule has 8 nitrogen and oxygen atoms in total. The van der Waals surface area contributed by atoms with E-state index in [0.717, 1.165) is 11.8 Å². The van der Waals surface area contributed by atoms with Gasteiger partial charge in [0.15, 0.2) is 17.0 Å². The first-order valence-corrected chi connectivity index (χ1v) is 9.25. The average Bonchev–Trinajstić information content (AvgIpc) is 3.06. The molecule has 0 atom stereocenters. The molecule has 0 aliphatic heterocycles. The van der Waals surface area contributed by atoms with Crippen molar-refractivity contribution in [1.29, 1.82) is 0 Å². The number of aromatic nitrogens is 5. The molecule has 1 aromatic carbocycles. The third kappa shape index (κ3) is 3.95. The lowest BCUT2D eigenvalue weighted by Gasteiger charge is -2.09. The summed E-state index contributed by atoms with van der Waals surface area (Å²) in [5.41, 5.74) is 2.54. The molecule has 30 heavy (non-hydrogen) atoms. The molecule has 0 saturated heterocycles. The van der Waals surface area contributed by atoms with Crippen molar-refractivity contribution in [3.05, 3.63) is 59.9 Å². The molecule has 3 aromatic heterocycles. The summed E-state index contributed by atoms with van der Waals surface area (Å²) in [4.78, 5) is 23.9. The number of aryl methyl sites for hydroxylation is 1. The van der Waals surface area contributed by atoms with E-state index in [9.17, 15) is 9.50 Å². The number of rotatable bonds is 5. The van der Waals surface area contributed by atoms with Gasteiger partial charge in [-0.1, -0.05) is 12.1 Å². The second-order valence-corrected chi connectivity index (χ2v) is 7.05.